The number of benzene rings is 1. The molecule has 5 nitrogen and oxygen atoms in total. The second-order valence-electron chi connectivity index (χ2n) is 6.29. The zero-order valence-corrected chi connectivity index (χ0v) is 14.3. The highest BCUT2D eigenvalue weighted by molar-refractivity contribution is 9.10. The molecule has 2 aliphatic heterocycles. The Morgan fingerprint density at radius 2 is 2.17 bits per heavy atom. The van der Waals surface area contributed by atoms with Crippen LogP contribution in [0.2, 0.25) is 0 Å². The van der Waals surface area contributed by atoms with Crippen molar-refractivity contribution in [3.63, 3.8) is 0 Å². The van der Waals surface area contributed by atoms with Crippen LogP contribution in [0, 0.1) is 0 Å². The fourth-order valence-electron chi connectivity index (χ4n) is 3.88. The monoisotopic (exact) mass is 375 g/mol. The van der Waals surface area contributed by atoms with Crippen LogP contribution in [0.1, 0.15) is 18.4 Å². The highest BCUT2D eigenvalue weighted by Crippen LogP contribution is 2.38. The van der Waals surface area contributed by atoms with Gasteiger partial charge in [0.15, 0.2) is 0 Å². The lowest BCUT2D eigenvalue weighted by atomic mass is 9.95. The molecule has 1 unspecified atom stereocenters. The van der Waals surface area contributed by atoms with E-state index in [9.17, 15) is 9.90 Å². The van der Waals surface area contributed by atoms with Crippen molar-refractivity contribution in [2.75, 3.05) is 24.5 Å². The molecule has 0 bridgehead atoms. The summed E-state index contributed by atoms with van der Waals surface area (Å²) < 4.78 is 1.04. The number of carbonyl (C=O) groups is 1. The number of anilines is 1. The third-order valence-corrected chi connectivity index (χ3v) is 5.38. The lowest BCUT2D eigenvalue weighted by Crippen LogP contribution is -2.51. The molecular weight excluding hydrogens is 358 g/mol. The Morgan fingerprint density at radius 3 is 3.00 bits per heavy atom. The van der Waals surface area contributed by atoms with E-state index in [1.165, 1.54) is 16.6 Å². The highest BCUT2D eigenvalue weighted by Gasteiger charge is 2.31. The maximum Gasteiger partial charge on any atom is 0.407 e. The molecule has 1 fully saturated rings. The average molecular weight is 376 g/mol. The number of piperidine rings is 1. The number of aromatic nitrogens is 1. The number of halogens is 1. The summed E-state index contributed by atoms with van der Waals surface area (Å²) in [6, 6.07) is 4.51. The van der Waals surface area contributed by atoms with Gasteiger partial charge in [0, 0.05) is 59.0 Å². The average Bonchev–Trinajstić information content (AvgIpc) is 2.55. The zero-order chi connectivity index (χ0) is 16.0. The van der Waals surface area contributed by atoms with Gasteiger partial charge in [-0.3, -0.25) is 4.98 Å². The summed E-state index contributed by atoms with van der Waals surface area (Å²) in [6.45, 7) is 2.15. The van der Waals surface area contributed by atoms with Crippen molar-refractivity contribution in [3.05, 3.63) is 34.6 Å². The molecule has 1 aromatic carbocycles. The molecular formula is C17H18BrN3O2. The maximum absolute atomic E-state index is 11.3. The van der Waals surface area contributed by atoms with Gasteiger partial charge < -0.3 is 14.9 Å². The summed E-state index contributed by atoms with van der Waals surface area (Å²) in [7, 11) is 0. The van der Waals surface area contributed by atoms with Crippen molar-refractivity contribution in [2.24, 2.45) is 0 Å². The molecule has 3 heterocycles. The Bertz CT molecular complexity index is 780. The molecule has 2 aromatic rings. The van der Waals surface area contributed by atoms with Crippen molar-refractivity contribution >= 4 is 38.5 Å². The van der Waals surface area contributed by atoms with Crippen molar-refractivity contribution in [3.8, 4) is 0 Å². The van der Waals surface area contributed by atoms with Crippen LogP contribution in [0.25, 0.3) is 10.8 Å². The molecule has 0 saturated carbocycles. The minimum absolute atomic E-state index is 0.249. The number of hydrogen-bond donors (Lipinski definition) is 1. The fraction of sp³-hybridized carbons (Fsp3) is 0.412. The van der Waals surface area contributed by atoms with Crippen molar-refractivity contribution in [1.29, 1.82) is 0 Å². The first kappa shape index (κ1) is 14.8. The molecule has 0 spiro atoms. The largest absolute Gasteiger partial charge is 0.465 e. The van der Waals surface area contributed by atoms with Crippen LogP contribution in [0.4, 0.5) is 10.5 Å². The number of nitrogens with zero attached hydrogens (tertiary/aromatic N) is 3. The molecule has 1 aromatic heterocycles. The van der Waals surface area contributed by atoms with Crippen LogP contribution in [-0.4, -0.2) is 46.8 Å². The first-order valence-corrected chi connectivity index (χ1v) is 8.73. The van der Waals surface area contributed by atoms with E-state index in [4.69, 9.17) is 0 Å². The van der Waals surface area contributed by atoms with Gasteiger partial charge in [0.05, 0.1) is 0 Å². The Kier molecular flexibility index (Phi) is 3.64. The van der Waals surface area contributed by atoms with E-state index in [1.807, 2.05) is 12.4 Å². The SMILES string of the molecule is O=C(O)N1CCCC(N2CCc3cncc4cc(Br)cc2c34)C1. The zero-order valence-electron chi connectivity index (χ0n) is 12.7. The van der Waals surface area contributed by atoms with Gasteiger partial charge in [-0.25, -0.2) is 4.79 Å². The molecule has 120 valence electrons. The maximum atomic E-state index is 11.3. The third-order valence-electron chi connectivity index (χ3n) is 4.92. The number of amides is 1. The summed E-state index contributed by atoms with van der Waals surface area (Å²) in [4.78, 5) is 19.6. The van der Waals surface area contributed by atoms with Gasteiger partial charge in [0.1, 0.15) is 0 Å². The third kappa shape index (κ3) is 2.55. The van der Waals surface area contributed by atoms with Crippen LogP contribution in [0.3, 0.4) is 0 Å². The first-order valence-electron chi connectivity index (χ1n) is 7.94. The van der Waals surface area contributed by atoms with E-state index in [0.29, 0.717) is 13.1 Å². The minimum Gasteiger partial charge on any atom is -0.465 e. The van der Waals surface area contributed by atoms with Crippen molar-refractivity contribution in [2.45, 2.75) is 25.3 Å². The second kappa shape index (κ2) is 5.67. The Balaban J connectivity index is 1.76. The van der Waals surface area contributed by atoms with Gasteiger partial charge in [-0.2, -0.15) is 0 Å². The highest BCUT2D eigenvalue weighted by atomic mass is 79.9. The summed E-state index contributed by atoms with van der Waals surface area (Å²) in [6.07, 6.45) is 5.98. The number of pyridine rings is 1. The molecule has 6 heteroatoms. The lowest BCUT2D eigenvalue weighted by Gasteiger charge is -2.42. The van der Waals surface area contributed by atoms with Gasteiger partial charge in [-0.1, -0.05) is 15.9 Å². The summed E-state index contributed by atoms with van der Waals surface area (Å²) in [5, 5.41) is 11.7. The number of carboxylic acid groups (broad SMARTS) is 1. The molecule has 1 N–H and O–H groups in total. The van der Waals surface area contributed by atoms with Crippen LogP contribution >= 0.6 is 15.9 Å². The standard InChI is InChI=1S/C17H18BrN3O2/c18-13-6-12-9-19-8-11-3-5-21(15(7-13)16(11)12)14-2-1-4-20(10-14)17(22)23/h6-9,14H,1-5,10H2,(H,22,23). The summed E-state index contributed by atoms with van der Waals surface area (Å²) in [5.74, 6) is 0. The predicted octanol–water partition coefficient (Wildman–Crippen LogP) is 3.50. The molecule has 4 rings (SSSR count). The number of likely N-dealkylation sites (tertiary alicyclic amines) is 1. The molecule has 0 radical (unpaired) electrons. The van der Waals surface area contributed by atoms with Gasteiger partial charge in [-0.05, 0) is 37.0 Å². The molecule has 1 atom stereocenters. The van der Waals surface area contributed by atoms with E-state index >= 15 is 0 Å². The van der Waals surface area contributed by atoms with E-state index in [0.717, 1.165) is 35.7 Å². The Labute approximate surface area is 143 Å². The number of hydrogen-bond acceptors (Lipinski definition) is 3. The molecule has 1 saturated heterocycles. The van der Waals surface area contributed by atoms with Gasteiger partial charge in [0.25, 0.3) is 0 Å². The van der Waals surface area contributed by atoms with Crippen LogP contribution in [0.5, 0.6) is 0 Å². The molecule has 0 aliphatic carbocycles. The molecule has 2 aliphatic rings. The van der Waals surface area contributed by atoms with Crippen LogP contribution in [-0.2, 0) is 6.42 Å². The van der Waals surface area contributed by atoms with Crippen LogP contribution < -0.4 is 4.90 Å². The fourth-order valence-corrected chi connectivity index (χ4v) is 4.34. The van der Waals surface area contributed by atoms with Gasteiger partial charge in [-0.15, -0.1) is 0 Å². The second-order valence-corrected chi connectivity index (χ2v) is 7.21. The smallest absolute Gasteiger partial charge is 0.407 e. The number of rotatable bonds is 1. The quantitative estimate of drug-likeness (QED) is 0.828. The topological polar surface area (TPSA) is 56.7 Å². The van der Waals surface area contributed by atoms with E-state index in [2.05, 4.69) is 37.9 Å². The lowest BCUT2D eigenvalue weighted by molar-refractivity contribution is 0.130. The molecule has 23 heavy (non-hydrogen) atoms. The van der Waals surface area contributed by atoms with E-state index in [1.54, 1.807) is 4.90 Å². The normalized spacial score (nSPS) is 20.8. The minimum atomic E-state index is -0.810. The summed E-state index contributed by atoms with van der Waals surface area (Å²) in [5.41, 5.74) is 2.49. The van der Waals surface area contributed by atoms with Crippen molar-refractivity contribution < 1.29 is 9.90 Å². The predicted molar refractivity (Wildman–Crippen MR) is 93.1 cm³/mol. The van der Waals surface area contributed by atoms with E-state index in [-0.39, 0.29) is 6.04 Å². The van der Waals surface area contributed by atoms with Gasteiger partial charge >= 0.3 is 6.09 Å². The summed E-state index contributed by atoms with van der Waals surface area (Å²) >= 11 is 3.60. The Hall–Kier alpha value is -1.82. The van der Waals surface area contributed by atoms with E-state index < -0.39 is 6.09 Å². The molecule has 1 amide bonds. The first-order chi connectivity index (χ1) is 11.1. The van der Waals surface area contributed by atoms with Crippen molar-refractivity contribution in [1.82, 2.24) is 9.88 Å². The van der Waals surface area contributed by atoms with Crippen LogP contribution in [0.15, 0.2) is 29.0 Å². The van der Waals surface area contributed by atoms with Gasteiger partial charge in [0.2, 0.25) is 0 Å². The Morgan fingerprint density at radius 1 is 1.30 bits per heavy atom.